The van der Waals surface area contributed by atoms with Gasteiger partial charge in [-0.05, 0) is 49.1 Å². The molecule has 5 nitrogen and oxygen atoms in total. The molecule has 2 aromatic rings. The van der Waals surface area contributed by atoms with Crippen LogP contribution in [-0.2, 0) is 14.3 Å². The number of carbonyl (C=O) groups is 2. The number of rotatable bonds is 5. The van der Waals surface area contributed by atoms with Gasteiger partial charge in [-0.2, -0.15) is 0 Å². The van der Waals surface area contributed by atoms with Gasteiger partial charge in [-0.25, -0.2) is 4.79 Å². The number of hydrogen-bond acceptors (Lipinski definition) is 5. The smallest absolute Gasteiger partial charge is 0.331 e. The van der Waals surface area contributed by atoms with E-state index in [-0.39, 0.29) is 5.91 Å². The minimum absolute atomic E-state index is 0.142. The SMILES string of the molecule is Cc1ccsc1/C=C/C(=O)O[C@H](C)C(=O)N1CCN(c2ccccc2)CC1. The van der Waals surface area contributed by atoms with Gasteiger partial charge in [0.1, 0.15) is 0 Å². The van der Waals surface area contributed by atoms with Crippen LogP contribution in [-0.4, -0.2) is 49.1 Å². The monoisotopic (exact) mass is 384 g/mol. The van der Waals surface area contributed by atoms with Crippen LogP contribution in [0.5, 0.6) is 0 Å². The molecule has 6 heteroatoms. The standard InChI is InChI=1S/C21H24N2O3S/c1-16-10-15-27-19(16)8-9-20(24)26-17(2)21(25)23-13-11-22(12-14-23)18-6-4-3-5-7-18/h3-10,15,17H,11-14H2,1-2H3/b9-8+/t17-/m1/s1. The molecule has 0 aliphatic carbocycles. The second-order valence-electron chi connectivity index (χ2n) is 6.53. The van der Waals surface area contributed by atoms with Gasteiger partial charge in [-0.3, -0.25) is 4.79 Å². The van der Waals surface area contributed by atoms with Crippen molar-refractivity contribution in [3.8, 4) is 0 Å². The van der Waals surface area contributed by atoms with Crippen molar-refractivity contribution in [1.29, 1.82) is 0 Å². The van der Waals surface area contributed by atoms with Gasteiger partial charge >= 0.3 is 5.97 Å². The second-order valence-corrected chi connectivity index (χ2v) is 7.48. The molecule has 2 heterocycles. The molecular formula is C21H24N2O3S. The zero-order chi connectivity index (χ0) is 19.2. The Balaban J connectivity index is 1.48. The molecule has 1 fully saturated rings. The first-order valence-electron chi connectivity index (χ1n) is 9.06. The minimum Gasteiger partial charge on any atom is -0.449 e. The van der Waals surface area contributed by atoms with Crippen molar-refractivity contribution in [3.05, 3.63) is 58.3 Å². The quantitative estimate of drug-likeness (QED) is 0.586. The number of nitrogens with zero attached hydrogens (tertiary/aromatic N) is 2. The van der Waals surface area contributed by atoms with Crippen molar-refractivity contribution in [3.63, 3.8) is 0 Å². The summed E-state index contributed by atoms with van der Waals surface area (Å²) in [4.78, 5) is 29.6. The molecule has 27 heavy (non-hydrogen) atoms. The van der Waals surface area contributed by atoms with Gasteiger partial charge < -0.3 is 14.5 Å². The maximum atomic E-state index is 12.6. The summed E-state index contributed by atoms with van der Waals surface area (Å²) in [5.74, 6) is -0.636. The number of ether oxygens (including phenoxy) is 1. The highest BCUT2D eigenvalue weighted by Crippen LogP contribution is 2.18. The number of hydrogen-bond donors (Lipinski definition) is 0. The lowest BCUT2D eigenvalue weighted by molar-refractivity contribution is -0.155. The van der Waals surface area contributed by atoms with Crippen LogP contribution in [0.4, 0.5) is 5.69 Å². The van der Waals surface area contributed by atoms with Crippen LogP contribution in [0.15, 0.2) is 47.9 Å². The lowest BCUT2D eigenvalue weighted by Crippen LogP contribution is -2.51. The first kappa shape index (κ1) is 19.2. The van der Waals surface area contributed by atoms with E-state index in [1.165, 1.54) is 6.08 Å². The molecule has 0 radical (unpaired) electrons. The highest BCUT2D eigenvalue weighted by molar-refractivity contribution is 7.11. The number of benzene rings is 1. The molecule has 1 amide bonds. The summed E-state index contributed by atoms with van der Waals surface area (Å²) in [5, 5.41) is 1.97. The Kier molecular flexibility index (Phi) is 6.29. The molecule has 1 aromatic heterocycles. The zero-order valence-electron chi connectivity index (χ0n) is 15.6. The summed E-state index contributed by atoms with van der Waals surface area (Å²) in [7, 11) is 0. The van der Waals surface area contributed by atoms with Crippen LogP contribution in [0.2, 0.25) is 0 Å². The van der Waals surface area contributed by atoms with Gasteiger partial charge in [0.2, 0.25) is 0 Å². The first-order valence-corrected chi connectivity index (χ1v) is 9.94. The van der Waals surface area contributed by atoms with Crippen molar-refractivity contribution in [2.45, 2.75) is 20.0 Å². The van der Waals surface area contributed by atoms with E-state index in [1.807, 2.05) is 36.6 Å². The van der Waals surface area contributed by atoms with Crippen molar-refractivity contribution in [1.82, 2.24) is 4.90 Å². The molecule has 0 bridgehead atoms. The molecule has 1 saturated heterocycles. The van der Waals surface area contributed by atoms with Crippen LogP contribution in [0, 0.1) is 6.92 Å². The predicted molar refractivity (Wildman–Crippen MR) is 109 cm³/mol. The van der Waals surface area contributed by atoms with Crippen LogP contribution in [0.1, 0.15) is 17.4 Å². The van der Waals surface area contributed by atoms with Crippen LogP contribution in [0.3, 0.4) is 0 Å². The number of esters is 1. The third-order valence-corrected chi connectivity index (χ3v) is 5.61. The molecule has 0 spiro atoms. The van der Waals surface area contributed by atoms with E-state index in [4.69, 9.17) is 4.74 Å². The molecule has 0 saturated carbocycles. The Morgan fingerprint density at radius 1 is 1.11 bits per heavy atom. The van der Waals surface area contributed by atoms with Gasteiger partial charge in [-0.1, -0.05) is 18.2 Å². The fourth-order valence-electron chi connectivity index (χ4n) is 3.04. The highest BCUT2D eigenvalue weighted by atomic mass is 32.1. The average Bonchev–Trinajstić information content (AvgIpc) is 3.11. The van der Waals surface area contributed by atoms with E-state index < -0.39 is 12.1 Å². The molecule has 1 atom stereocenters. The van der Waals surface area contributed by atoms with E-state index in [0.717, 1.165) is 29.2 Å². The van der Waals surface area contributed by atoms with Gasteiger partial charge in [0, 0.05) is 42.8 Å². The minimum atomic E-state index is -0.783. The fourth-order valence-corrected chi connectivity index (χ4v) is 3.86. The molecule has 0 unspecified atom stereocenters. The van der Waals surface area contributed by atoms with E-state index in [1.54, 1.807) is 29.2 Å². The highest BCUT2D eigenvalue weighted by Gasteiger charge is 2.26. The second kappa shape index (κ2) is 8.86. The Labute approximate surface area is 163 Å². The van der Waals surface area contributed by atoms with Crippen molar-refractivity contribution in [2.75, 3.05) is 31.1 Å². The van der Waals surface area contributed by atoms with E-state index in [9.17, 15) is 9.59 Å². The fraction of sp³-hybridized carbons (Fsp3) is 0.333. The summed E-state index contributed by atoms with van der Waals surface area (Å²) >= 11 is 1.56. The maximum absolute atomic E-state index is 12.6. The van der Waals surface area contributed by atoms with Gasteiger partial charge in [-0.15, -0.1) is 11.3 Å². The molecule has 1 aliphatic rings. The number of para-hydroxylation sites is 1. The Hall–Kier alpha value is -2.60. The summed E-state index contributed by atoms with van der Waals surface area (Å²) < 4.78 is 5.29. The number of anilines is 1. The van der Waals surface area contributed by atoms with Crippen molar-refractivity contribution in [2.24, 2.45) is 0 Å². The predicted octanol–water partition coefficient (Wildman–Crippen LogP) is 3.35. The molecule has 1 aliphatic heterocycles. The van der Waals surface area contributed by atoms with E-state index in [2.05, 4.69) is 17.0 Å². The van der Waals surface area contributed by atoms with Crippen molar-refractivity contribution < 1.29 is 14.3 Å². The zero-order valence-corrected chi connectivity index (χ0v) is 16.4. The number of piperazine rings is 1. The molecular weight excluding hydrogens is 360 g/mol. The number of thiophene rings is 1. The van der Waals surface area contributed by atoms with Crippen LogP contribution >= 0.6 is 11.3 Å². The number of amides is 1. The van der Waals surface area contributed by atoms with Crippen molar-refractivity contribution >= 4 is 35.0 Å². The Morgan fingerprint density at radius 3 is 2.44 bits per heavy atom. The lowest BCUT2D eigenvalue weighted by Gasteiger charge is -2.36. The van der Waals surface area contributed by atoms with Gasteiger partial charge in [0.25, 0.3) is 5.91 Å². The molecule has 0 N–H and O–H groups in total. The summed E-state index contributed by atoms with van der Waals surface area (Å²) in [6.45, 7) is 6.42. The number of aryl methyl sites for hydroxylation is 1. The molecule has 142 valence electrons. The molecule has 3 rings (SSSR count). The van der Waals surface area contributed by atoms with Gasteiger partial charge in [0.15, 0.2) is 6.10 Å². The Morgan fingerprint density at radius 2 is 1.81 bits per heavy atom. The van der Waals surface area contributed by atoms with Gasteiger partial charge in [0.05, 0.1) is 0 Å². The van der Waals surface area contributed by atoms with E-state index >= 15 is 0 Å². The topological polar surface area (TPSA) is 49.9 Å². The average molecular weight is 385 g/mol. The van der Waals surface area contributed by atoms with Crippen LogP contribution < -0.4 is 4.90 Å². The summed E-state index contributed by atoms with van der Waals surface area (Å²) in [6, 6.07) is 12.2. The number of carbonyl (C=O) groups excluding carboxylic acids is 2. The third-order valence-electron chi connectivity index (χ3n) is 4.63. The normalized spacial score (nSPS) is 15.8. The van der Waals surface area contributed by atoms with Crippen LogP contribution in [0.25, 0.3) is 6.08 Å². The Bertz CT molecular complexity index is 808. The summed E-state index contributed by atoms with van der Waals surface area (Å²) in [5.41, 5.74) is 2.28. The van der Waals surface area contributed by atoms with E-state index in [0.29, 0.717) is 13.1 Å². The maximum Gasteiger partial charge on any atom is 0.331 e. The third kappa shape index (κ3) is 4.98. The largest absolute Gasteiger partial charge is 0.449 e. The molecule has 1 aromatic carbocycles. The summed E-state index contributed by atoms with van der Waals surface area (Å²) in [6.07, 6.45) is 2.34. The lowest BCUT2D eigenvalue weighted by atomic mass is 10.2. The first-order chi connectivity index (χ1) is 13.0.